The molecule has 0 amide bonds. The van der Waals surface area contributed by atoms with Crippen molar-refractivity contribution in [3.05, 3.63) is 46.8 Å². The Morgan fingerprint density at radius 3 is 2.47 bits per heavy atom. The minimum Gasteiger partial charge on any atom is -0.351 e. The highest BCUT2D eigenvalue weighted by Crippen LogP contribution is 2.31. The third-order valence-electron chi connectivity index (χ3n) is 3.24. The molecule has 19 heavy (non-hydrogen) atoms. The Labute approximate surface area is 118 Å². The zero-order chi connectivity index (χ0) is 13.0. The molecule has 0 aliphatic carbocycles. The summed E-state index contributed by atoms with van der Waals surface area (Å²) in [5.74, 6) is 0. The Bertz CT molecular complexity index is 944. The SMILES string of the molecule is Clc1nc(Cl)c2[nH]c3cc4ccccc4cc3c2n1. The van der Waals surface area contributed by atoms with Crippen LogP contribution in [0, 0.1) is 0 Å². The molecule has 2 aromatic carbocycles. The summed E-state index contributed by atoms with van der Waals surface area (Å²) in [6.07, 6.45) is 0. The zero-order valence-corrected chi connectivity index (χ0v) is 11.1. The highest BCUT2D eigenvalue weighted by molar-refractivity contribution is 6.36. The first-order chi connectivity index (χ1) is 9.22. The van der Waals surface area contributed by atoms with Crippen molar-refractivity contribution in [1.29, 1.82) is 0 Å². The van der Waals surface area contributed by atoms with E-state index in [2.05, 4.69) is 39.2 Å². The highest BCUT2D eigenvalue weighted by atomic mass is 35.5. The van der Waals surface area contributed by atoms with Gasteiger partial charge in [-0.25, -0.2) is 9.97 Å². The second-order valence-corrected chi connectivity index (χ2v) is 5.07. The Kier molecular flexibility index (Phi) is 2.22. The fourth-order valence-corrected chi connectivity index (χ4v) is 2.82. The number of aromatic amines is 1. The molecule has 0 spiro atoms. The average molecular weight is 288 g/mol. The summed E-state index contributed by atoms with van der Waals surface area (Å²) in [7, 11) is 0. The van der Waals surface area contributed by atoms with Gasteiger partial charge in [-0.1, -0.05) is 35.9 Å². The number of nitrogens with zero attached hydrogens (tertiary/aromatic N) is 2. The number of benzene rings is 2. The first-order valence-electron chi connectivity index (χ1n) is 5.75. The van der Waals surface area contributed by atoms with Crippen molar-refractivity contribution < 1.29 is 0 Å². The first kappa shape index (κ1) is 11.0. The standard InChI is InChI=1S/C14H7Cl2N3/c15-13-12-11(18-14(16)19-13)9-5-7-3-1-2-4-8(7)6-10(9)17-12/h1-6,17H. The molecule has 92 valence electrons. The van der Waals surface area contributed by atoms with E-state index in [1.165, 1.54) is 0 Å². The zero-order valence-electron chi connectivity index (χ0n) is 9.61. The number of H-pyrrole nitrogens is 1. The Balaban J connectivity index is 2.26. The van der Waals surface area contributed by atoms with Gasteiger partial charge in [0, 0.05) is 10.9 Å². The number of fused-ring (bicyclic) bond motifs is 4. The molecule has 0 atom stereocenters. The van der Waals surface area contributed by atoms with Crippen molar-refractivity contribution in [3.8, 4) is 0 Å². The van der Waals surface area contributed by atoms with Crippen LogP contribution in [0.1, 0.15) is 0 Å². The summed E-state index contributed by atoms with van der Waals surface area (Å²) in [5.41, 5.74) is 2.45. The summed E-state index contributed by atoms with van der Waals surface area (Å²) in [6, 6.07) is 12.3. The van der Waals surface area contributed by atoms with Gasteiger partial charge in [-0.3, -0.25) is 0 Å². The van der Waals surface area contributed by atoms with Crippen LogP contribution in [0.25, 0.3) is 32.7 Å². The molecule has 3 nitrogen and oxygen atoms in total. The van der Waals surface area contributed by atoms with Crippen LogP contribution in [0.4, 0.5) is 0 Å². The molecular formula is C14H7Cl2N3. The maximum atomic E-state index is 6.10. The molecular weight excluding hydrogens is 281 g/mol. The van der Waals surface area contributed by atoms with Crippen molar-refractivity contribution in [2.24, 2.45) is 0 Å². The van der Waals surface area contributed by atoms with E-state index in [1.54, 1.807) is 0 Å². The predicted octanol–water partition coefficient (Wildman–Crippen LogP) is 4.57. The molecule has 5 heteroatoms. The van der Waals surface area contributed by atoms with Crippen LogP contribution < -0.4 is 0 Å². The van der Waals surface area contributed by atoms with E-state index < -0.39 is 0 Å². The lowest BCUT2D eigenvalue weighted by atomic mass is 10.1. The van der Waals surface area contributed by atoms with Crippen molar-refractivity contribution in [2.45, 2.75) is 0 Å². The minimum absolute atomic E-state index is 0.159. The fraction of sp³-hybridized carbons (Fsp3) is 0. The van der Waals surface area contributed by atoms with E-state index in [0.717, 1.165) is 32.7 Å². The van der Waals surface area contributed by atoms with Crippen LogP contribution in [0.3, 0.4) is 0 Å². The van der Waals surface area contributed by atoms with Gasteiger partial charge in [0.1, 0.15) is 11.0 Å². The smallest absolute Gasteiger partial charge is 0.224 e. The molecule has 0 radical (unpaired) electrons. The molecule has 0 aliphatic rings. The topological polar surface area (TPSA) is 41.6 Å². The minimum atomic E-state index is 0.159. The van der Waals surface area contributed by atoms with Gasteiger partial charge >= 0.3 is 0 Å². The Morgan fingerprint density at radius 1 is 0.947 bits per heavy atom. The predicted molar refractivity (Wildman–Crippen MR) is 78.9 cm³/mol. The lowest BCUT2D eigenvalue weighted by Crippen LogP contribution is -1.84. The summed E-state index contributed by atoms with van der Waals surface area (Å²) in [4.78, 5) is 11.5. The lowest BCUT2D eigenvalue weighted by molar-refractivity contribution is 1.22. The molecule has 0 fully saturated rings. The number of hydrogen-bond donors (Lipinski definition) is 1. The van der Waals surface area contributed by atoms with E-state index in [9.17, 15) is 0 Å². The molecule has 0 saturated carbocycles. The normalized spacial score (nSPS) is 11.7. The summed E-state index contributed by atoms with van der Waals surface area (Å²) in [5, 5.41) is 3.82. The van der Waals surface area contributed by atoms with Crippen LogP contribution >= 0.6 is 23.2 Å². The van der Waals surface area contributed by atoms with Crippen LogP contribution in [-0.2, 0) is 0 Å². The monoisotopic (exact) mass is 287 g/mol. The number of nitrogens with one attached hydrogen (secondary N) is 1. The maximum absolute atomic E-state index is 6.10. The van der Waals surface area contributed by atoms with Crippen molar-refractivity contribution in [1.82, 2.24) is 15.0 Å². The van der Waals surface area contributed by atoms with Gasteiger partial charge in [-0.05, 0) is 34.5 Å². The summed E-state index contributed by atoms with van der Waals surface area (Å²) in [6.45, 7) is 0. The van der Waals surface area contributed by atoms with Gasteiger partial charge < -0.3 is 4.98 Å². The molecule has 0 unspecified atom stereocenters. The molecule has 0 bridgehead atoms. The van der Waals surface area contributed by atoms with E-state index >= 15 is 0 Å². The van der Waals surface area contributed by atoms with Gasteiger partial charge in [0.05, 0.1) is 0 Å². The molecule has 0 saturated heterocycles. The molecule has 0 aliphatic heterocycles. The van der Waals surface area contributed by atoms with Gasteiger partial charge in [0.25, 0.3) is 0 Å². The van der Waals surface area contributed by atoms with E-state index in [-0.39, 0.29) is 5.28 Å². The van der Waals surface area contributed by atoms with E-state index in [1.807, 2.05) is 12.1 Å². The molecule has 2 heterocycles. The third kappa shape index (κ3) is 1.59. The van der Waals surface area contributed by atoms with Crippen LogP contribution in [0.5, 0.6) is 0 Å². The van der Waals surface area contributed by atoms with E-state index in [4.69, 9.17) is 23.2 Å². The maximum Gasteiger partial charge on any atom is 0.224 e. The Morgan fingerprint density at radius 2 is 1.68 bits per heavy atom. The Hall–Kier alpha value is -1.84. The second-order valence-electron chi connectivity index (χ2n) is 4.38. The largest absolute Gasteiger partial charge is 0.351 e. The van der Waals surface area contributed by atoms with Crippen molar-refractivity contribution >= 4 is 55.9 Å². The summed E-state index contributed by atoms with van der Waals surface area (Å²) < 4.78 is 0. The average Bonchev–Trinajstić information content (AvgIpc) is 2.74. The van der Waals surface area contributed by atoms with Gasteiger partial charge in [-0.15, -0.1) is 0 Å². The van der Waals surface area contributed by atoms with Crippen LogP contribution in [0.2, 0.25) is 10.4 Å². The van der Waals surface area contributed by atoms with Crippen molar-refractivity contribution in [2.75, 3.05) is 0 Å². The highest BCUT2D eigenvalue weighted by Gasteiger charge is 2.12. The quantitative estimate of drug-likeness (QED) is 0.380. The number of aromatic nitrogens is 3. The lowest BCUT2D eigenvalue weighted by Gasteiger charge is -1.97. The molecule has 1 N–H and O–H groups in total. The number of halogens is 2. The van der Waals surface area contributed by atoms with Gasteiger partial charge in [-0.2, -0.15) is 0 Å². The fourth-order valence-electron chi connectivity index (χ4n) is 2.39. The third-order valence-corrected chi connectivity index (χ3v) is 3.68. The number of hydrogen-bond acceptors (Lipinski definition) is 2. The number of rotatable bonds is 0. The first-order valence-corrected chi connectivity index (χ1v) is 6.51. The van der Waals surface area contributed by atoms with Gasteiger partial charge in [0.2, 0.25) is 5.28 Å². The summed E-state index contributed by atoms with van der Waals surface area (Å²) >= 11 is 12.0. The second kappa shape index (κ2) is 3.83. The van der Waals surface area contributed by atoms with Crippen LogP contribution in [-0.4, -0.2) is 15.0 Å². The molecule has 4 rings (SSSR count). The van der Waals surface area contributed by atoms with Crippen LogP contribution in [0.15, 0.2) is 36.4 Å². The molecule has 2 aromatic heterocycles. The molecule has 4 aromatic rings. The van der Waals surface area contributed by atoms with Crippen molar-refractivity contribution in [3.63, 3.8) is 0 Å². The van der Waals surface area contributed by atoms with E-state index in [0.29, 0.717) is 5.15 Å². The van der Waals surface area contributed by atoms with Gasteiger partial charge in [0.15, 0.2) is 5.15 Å².